The van der Waals surface area contributed by atoms with Crippen LogP contribution in [0.3, 0.4) is 0 Å². The normalized spacial score (nSPS) is 25.7. The molecule has 1 unspecified atom stereocenters. The minimum Gasteiger partial charge on any atom is -0.379 e. The molecule has 110 valence electrons. The van der Waals surface area contributed by atoms with E-state index in [1.807, 2.05) is 0 Å². The molecule has 3 N–H and O–H groups in total. The van der Waals surface area contributed by atoms with Crippen LogP contribution in [-0.2, 0) is 9.47 Å². The Labute approximate surface area is 115 Å². The van der Waals surface area contributed by atoms with E-state index in [2.05, 4.69) is 10.3 Å². The van der Waals surface area contributed by atoms with Crippen LogP contribution in [0.1, 0.15) is 44.9 Å². The van der Waals surface area contributed by atoms with Crippen molar-refractivity contribution in [3.05, 3.63) is 0 Å². The SMILES string of the molecule is NC(=NCCCOC1CCOC1)NC1CCCCC1. The van der Waals surface area contributed by atoms with Crippen molar-refractivity contribution in [2.75, 3.05) is 26.4 Å². The highest BCUT2D eigenvalue weighted by molar-refractivity contribution is 5.78. The van der Waals surface area contributed by atoms with Gasteiger partial charge in [-0.05, 0) is 25.7 Å². The average Bonchev–Trinajstić information content (AvgIpc) is 2.92. The monoisotopic (exact) mass is 269 g/mol. The van der Waals surface area contributed by atoms with Crippen LogP contribution in [0.4, 0.5) is 0 Å². The van der Waals surface area contributed by atoms with Gasteiger partial charge in [0.1, 0.15) is 0 Å². The number of hydrogen-bond donors (Lipinski definition) is 2. The lowest BCUT2D eigenvalue weighted by atomic mass is 9.96. The van der Waals surface area contributed by atoms with Crippen molar-refractivity contribution < 1.29 is 9.47 Å². The topological polar surface area (TPSA) is 68.9 Å². The second kappa shape index (κ2) is 8.38. The van der Waals surface area contributed by atoms with E-state index in [0.29, 0.717) is 18.1 Å². The van der Waals surface area contributed by atoms with Crippen molar-refractivity contribution in [1.82, 2.24) is 5.32 Å². The van der Waals surface area contributed by atoms with Crippen LogP contribution in [0.15, 0.2) is 4.99 Å². The molecule has 1 aliphatic carbocycles. The van der Waals surface area contributed by atoms with Gasteiger partial charge in [-0.3, -0.25) is 4.99 Å². The molecule has 5 heteroatoms. The zero-order chi connectivity index (χ0) is 13.3. The standard InChI is InChI=1S/C14H27N3O2/c15-14(17-12-5-2-1-3-6-12)16-8-4-9-19-13-7-10-18-11-13/h12-13H,1-11H2,(H3,15,16,17). The summed E-state index contributed by atoms with van der Waals surface area (Å²) < 4.78 is 10.9. The Bertz CT molecular complexity index is 272. The fraction of sp³-hybridized carbons (Fsp3) is 0.929. The van der Waals surface area contributed by atoms with Crippen LogP contribution in [0, 0.1) is 0 Å². The largest absolute Gasteiger partial charge is 0.379 e. The summed E-state index contributed by atoms with van der Waals surface area (Å²) in [4.78, 5) is 4.35. The lowest BCUT2D eigenvalue weighted by Gasteiger charge is -2.23. The second-order valence-corrected chi connectivity index (χ2v) is 5.46. The number of guanidine groups is 1. The number of ether oxygens (including phenoxy) is 2. The van der Waals surface area contributed by atoms with Gasteiger partial charge in [0.2, 0.25) is 0 Å². The predicted molar refractivity (Wildman–Crippen MR) is 76.3 cm³/mol. The quantitative estimate of drug-likeness (QED) is 0.435. The first-order valence-electron chi connectivity index (χ1n) is 7.60. The van der Waals surface area contributed by atoms with Crippen LogP contribution in [-0.4, -0.2) is 44.5 Å². The molecule has 0 radical (unpaired) electrons. The highest BCUT2D eigenvalue weighted by Gasteiger charge is 2.15. The summed E-state index contributed by atoms with van der Waals surface area (Å²) in [6, 6.07) is 0.532. The molecular formula is C14H27N3O2. The van der Waals surface area contributed by atoms with Gasteiger partial charge < -0.3 is 20.5 Å². The number of nitrogens with zero attached hydrogens (tertiary/aromatic N) is 1. The van der Waals surface area contributed by atoms with Gasteiger partial charge in [0.25, 0.3) is 0 Å². The van der Waals surface area contributed by atoms with Gasteiger partial charge in [-0.2, -0.15) is 0 Å². The molecule has 0 aromatic heterocycles. The van der Waals surface area contributed by atoms with Gasteiger partial charge in [0.05, 0.1) is 12.7 Å². The minimum absolute atomic E-state index is 0.293. The van der Waals surface area contributed by atoms with Crippen LogP contribution in [0.5, 0.6) is 0 Å². The van der Waals surface area contributed by atoms with Crippen molar-refractivity contribution in [3.63, 3.8) is 0 Å². The van der Waals surface area contributed by atoms with E-state index in [1.165, 1.54) is 32.1 Å². The number of aliphatic imine (C=N–C) groups is 1. The molecule has 1 heterocycles. The van der Waals surface area contributed by atoms with Crippen LogP contribution in [0.2, 0.25) is 0 Å². The molecule has 2 rings (SSSR count). The third kappa shape index (κ3) is 5.78. The fourth-order valence-electron chi connectivity index (χ4n) is 2.66. The molecule has 1 saturated carbocycles. The van der Waals surface area contributed by atoms with Crippen LogP contribution in [0.25, 0.3) is 0 Å². The van der Waals surface area contributed by atoms with Gasteiger partial charge in [0.15, 0.2) is 5.96 Å². The maximum atomic E-state index is 5.89. The van der Waals surface area contributed by atoms with Crippen molar-refractivity contribution >= 4 is 5.96 Å². The maximum absolute atomic E-state index is 5.89. The Kier molecular flexibility index (Phi) is 6.44. The Morgan fingerprint density at radius 3 is 2.84 bits per heavy atom. The molecule has 0 aromatic rings. The van der Waals surface area contributed by atoms with Crippen molar-refractivity contribution in [2.24, 2.45) is 10.7 Å². The van der Waals surface area contributed by atoms with Gasteiger partial charge in [-0.1, -0.05) is 19.3 Å². The minimum atomic E-state index is 0.293. The molecule has 19 heavy (non-hydrogen) atoms. The molecule has 0 aromatic carbocycles. The summed E-state index contributed by atoms with van der Waals surface area (Å²) in [7, 11) is 0. The molecule has 0 amide bonds. The van der Waals surface area contributed by atoms with Crippen molar-refractivity contribution in [2.45, 2.75) is 57.1 Å². The third-order valence-corrected chi connectivity index (χ3v) is 3.78. The number of rotatable bonds is 6. The van der Waals surface area contributed by atoms with E-state index >= 15 is 0 Å². The van der Waals surface area contributed by atoms with Crippen LogP contribution < -0.4 is 11.1 Å². The lowest BCUT2D eigenvalue weighted by Crippen LogP contribution is -2.41. The van der Waals surface area contributed by atoms with E-state index in [4.69, 9.17) is 15.2 Å². The molecule has 1 aliphatic heterocycles. The van der Waals surface area contributed by atoms with E-state index in [1.54, 1.807) is 0 Å². The maximum Gasteiger partial charge on any atom is 0.188 e. The summed E-state index contributed by atoms with van der Waals surface area (Å²) in [5.41, 5.74) is 5.89. The number of hydrogen-bond acceptors (Lipinski definition) is 3. The van der Waals surface area contributed by atoms with Gasteiger partial charge >= 0.3 is 0 Å². The zero-order valence-corrected chi connectivity index (χ0v) is 11.8. The Balaban J connectivity index is 1.51. The summed E-state index contributed by atoms with van der Waals surface area (Å²) >= 11 is 0. The Morgan fingerprint density at radius 2 is 2.11 bits per heavy atom. The van der Waals surface area contributed by atoms with Gasteiger partial charge in [-0.15, -0.1) is 0 Å². The van der Waals surface area contributed by atoms with Gasteiger partial charge in [-0.25, -0.2) is 0 Å². The molecule has 2 fully saturated rings. The highest BCUT2D eigenvalue weighted by atomic mass is 16.5. The highest BCUT2D eigenvalue weighted by Crippen LogP contribution is 2.17. The van der Waals surface area contributed by atoms with E-state index in [9.17, 15) is 0 Å². The third-order valence-electron chi connectivity index (χ3n) is 3.78. The summed E-state index contributed by atoms with van der Waals surface area (Å²) in [5.74, 6) is 0.594. The number of nitrogens with one attached hydrogen (secondary N) is 1. The first-order chi connectivity index (χ1) is 9.34. The molecular weight excluding hydrogens is 242 g/mol. The van der Waals surface area contributed by atoms with Gasteiger partial charge in [0, 0.05) is 25.8 Å². The predicted octanol–water partition coefficient (Wildman–Crippen LogP) is 1.42. The van der Waals surface area contributed by atoms with Crippen molar-refractivity contribution in [3.8, 4) is 0 Å². The Hall–Kier alpha value is -0.810. The van der Waals surface area contributed by atoms with Crippen molar-refractivity contribution in [1.29, 1.82) is 0 Å². The molecule has 5 nitrogen and oxygen atoms in total. The average molecular weight is 269 g/mol. The smallest absolute Gasteiger partial charge is 0.188 e. The number of nitrogens with two attached hydrogens (primary N) is 1. The molecule has 2 aliphatic rings. The fourth-order valence-corrected chi connectivity index (χ4v) is 2.66. The van der Waals surface area contributed by atoms with E-state index in [0.717, 1.165) is 39.2 Å². The summed E-state index contributed by atoms with van der Waals surface area (Å²) in [5, 5.41) is 3.32. The first kappa shape index (κ1) is 14.6. The molecule has 1 saturated heterocycles. The van der Waals surface area contributed by atoms with Crippen LogP contribution >= 0.6 is 0 Å². The summed E-state index contributed by atoms with van der Waals surface area (Å²) in [6.45, 7) is 3.06. The zero-order valence-electron chi connectivity index (χ0n) is 11.8. The Morgan fingerprint density at radius 1 is 1.26 bits per heavy atom. The molecule has 0 bridgehead atoms. The van der Waals surface area contributed by atoms with E-state index in [-0.39, 0.29) is 0 Å². The lowest BCUT2D eigenvalue weighted by molar-refractivity contribution is 0.0424. The first-order valence-corrected chi connectivity index (χ1v) is 7.60. The van der Waals surface area contributed by atoms with E-state index < -0.39 is 0 Å². The summed E-state index contributed by atoms with van der Waals surface area (Å²) in [6.07, 6.45) is 8.66. The second-order valence-electron chi connectivity index (χ2n) is 5.46. The molecule has 0 spiro atoms. The molecule has 1 atom stereocenters.